The van der Waals surface area contributed by atoms with E-state index >= 15 is 0 Å². The lowest BCUT2D eigenvalue weighted by Crippen LogP contribution is -2.36. The molecule has 0 aliphatic carbocycles. The molecule has 3 aromatic heterocycles. The Morgan fingerprint density at radius 2 is 0.934 bits per heavy atom. The summed E-state index contributed by atoms with van der Waals surface area (Å²) in [5, 5.41) is 56.5. The number of primary amides is 4. The molecule has 0 bridgehead atoms. The fourth-order valence-corrected chi connectivity index (χ4v) is 7.22. The van der Waals surface area contributed by atoms with Crippen LogP contribution in [0.25, 0.3) is 0 Å². The Labute approximate surface area is 449 Å². The van der Waals surface area contributed by atoms with Gasteiger partial charge in [0.15, 0.2) is 17.5 Å². The quantitative estimate of drug-likeness (QED) is 0.0253. The normalized spacial score (nSPS) is 11.4. The van der Waals surface area contributed by atoms with Crippen LogP contribution >= 0.6 is 15.9 Å². The van der Waals surface area contributed by atoms with Crippen LogP contribution in [-0.4, -0.2) is 67.7 Å². The number of nitriles is 2. The highest BCUT2D eigenvalue weighted by atomic mass is 79.9. The van der Waals surface area contributed by atoms with Crippen molar-refractivity contribution < 1.29 is 43.3 Å². The highest BCUT2D eigenvalue weighted by molar-refractivity contribution is 9.10. The van der Waals surface area contributed by atoms with E-state index in [-0.39, 0.29) is 5.91 Å². The summed E-state index contributed by atoms with van der Waals surface area (Å²) in [4.78, 5) is 46.2. The summed E-state index contributed by atoms with van der Waals surface area (Å²) in [5.41, 5.74) is 31.3. The molecule has 6 rings (SSSR count). The third-order valence-electron chi connectivity index (χ3n) is 10.1. The first kappa shape index (κ1) is 63.5. The van der Waals surface area contributed by atoms with E-state index in [0.717, 1.165) is 11.4 Å². The standard InChI is InChI=1S/C17H23N5O3.C17H21N5O2.C13H16BrN3O.C4H6N2O.H2O2/c1-9(2)6-14(17(19)24)20-11-4-5-12(16(18)23)13(8-11)21-15-7-10(3)25-22-15;1-10(2)6-15(17(19)23)20-13-5-4-12(9-18)14(8-13)21-16-7-11(3)24-22-16;1-8(2)5-12(13(16)18)17-10-4-3-9(7-15)11(14)6-10;1-3-2-4(5)6-7-3;1-2/h4-5,7-9,14,20H,6H2,1-3H3,(H2,18,23)(H2,19,24)(H,21,22);4-5,7-8,10,15,20H,6H2,1-3H3,(H2,19,23)(H,21,22);3-4,6,8,12,17H,5H2,1-2H3,(H2,16,18);2H,1H3,(H2,5,6);1-2H/t14-;15-;12-;;/m111../s1. The summed E-state index contributed by atoms with van der Waals surface area (Å²) in [6, 6.07) is 23.2. The van der Waals surface area contributed by atoms with Crippen molar-refractivity contribution >= 4 is 85.4 Å². The van der Waals surface area contributed by atoms with Crippen molar-refractivity contribution in [3.05, 3.63) is 111 Å². The zero-order valence-corrected chi connectivity index (χ0v) is 45.4. The number of carbonyl (C=O) groups is 4. The van der Waals surface area contributed by atoms with Crippen LogP contribution in [0.3, 0.4) is 0 Å². The first-order valence-electron chi connectivity index (χ1n) is 23.5. The number of amides is 4. The number of hydrogen-bond acceptors (Lipinski definition) is 20. The lowest BCUT2D eigenvalue weighted by atomic mass is 10.0. The third kappa shape index (κ3) is 22.6. The van der Waals surface area contributed by atoms with E-state index in [1.165, 1.54) is 0 Å². The number of aryl methyl sites for hydroxylation is 3. The van der Waals surface area contributed by atoms with E-state index in [1.807, 2.05) is 41.5 Å². The number of anilines is 8. The van der Waals surface area contributed by atoms with Crippen LogP contribution < -0.4 is 55.3 Å². The predicted octanol–water partition coefficient (Wildman–Crippen LogP) is 8.26. The van der Waals surface area contributed by atoms with Crippen LogP contribution in [0.2, 0.25) is 0 Å². The molecule has 76 heavy (non-hydrogen) atoms. The van der Waals surface area contributed by atoms with Crippen molar-refractivity contribution in [2.45, 2.75) is 99.7 Å². The average Bonchev–Trinajstić information content (AvgIpc) is 4.08. The zero-order valence-electron chi connectivity index (χ0n) is 43.8. The second kappa shape index (κ2) is 31.8. The van der Waals surface area contributed by atoms with Crippen LogP contribution in [0.4, 0.5) is 45.9 Å². The van der Waals surface area contributed by atoms with E-state index in [1.54, 1.807) is 93.6 Å². The maximum atomic E-state index is 11.6. The third-order valence-corrected chi connectivity index (χ3v) is 10.8. The number of benzene rings is 3. The van der Waals surface area contributed by atoms with Gasteiger partial charge < -0.3 is 68.8 Å². The van der Waals surface area contributed by atoms with Gasteiger partial charge in [-0.3, -0.25) is 29.7 Å². The summed E-state index contributed by atoms with van der Waals surface area (Å²) in [6.07, 6.45) is 1.89. The Hall–Kier alpha value is -8.65. The number of carbonyl (C=O) groups excluding carboxylic acids is 4. The van der Waals surface area contributed by atoms with Gasteiger partial charge in [0.1, 0.15) is 47.5 Å². The van der Waals surface area contributed by atoms with Crippen molar-refractivity contribution in [3.63, 3.8) is 0 Å². The number of nitrogen functional groups attached to an aromatic ring is 1. The molecule has 17 N–H and O–H groups in total. The van der Waals surface area contributed by atoms with Gasteiger partial charge in [-0.05, 0) is 128 Å². The molecule has 408 valence electrons. The van der Waals surface area contributed by atoms with E-state index in [9.17, 15) is 24.4 Å². The van der Waals surface area contributed by atoms with Crippen LogP contribution in [0.5, 0.6) is 0 Å². The minimum absolute atomic E-state index is 0.297. The van der Waals surface area contributed by atoms with E-state index < -0.39 is 35.8 Å². The fourth-order valence-electron chi connectivity index (χ4n) is 6.75. The lowest BCUT2D eigenvalue weighted by molar-refractivity contribution is -0.176. The highest BCUT2D eigenvalue weighted by Gasteiger charge is 2.20. The van der Waals surface area contributed by atoms with Crippen LogP contribution in [0, 0.1) is 61.2 Å². The van der Waals surface area contributed by atoms with Crippen molar-refractivity contribution in [1.82, 2.24) is 15.5 Å². The SMILES string of the molecule is CC(C)C[C@@H](Nc1ccc(C#N)c(Br)c1)C(N)=O.Cc1cc(N)no1.Cc1cc(Nc2cc(N[C@H](CC(C)C)C(N)=O)ccc2C#N)no1.Cc1cc(Nc2cc(N[C@H](CC(C)C)C(N)=O)ccc2C(N)=O)no1.OO. The molecular weight excluding hydrogens is 1050 g/mol. The number of nitrogens with one attached hydrogen (secondary N) is 5. The molecule has 0 saturated carbocycles. The number of aromatic nitrogens is 3. The topological polar surface area (TPSA) is 425 Å². The summed E-state index contributed by atoms with van der Waals surface area (Å²) in [6.45, 7) is 17.5. The molecule has 0 fully saturated rings. The molecule has 6 aromatic rings. The van der Waals surface area contributed by atoms with Crippen molar-refractivity contribution in [2.75, 3.05) is 32.3 Å². The zero-order chi connectivity index (χ0) is 57.2. The summed E-state index contributed by atoms with van der Waals surface area (Å²) in [7, 11) is 0. The fraction of sp³-hybridized carbons (Fsp3) is 0.353. The first-order chi connectivity index (χ1) is 35.9. The minimum atomic E-state index is -0.581. The summed E-state index contributed by atoms with van der Waals surface area (Å²) < 4.78 is 15.3. The number of rotatable bonds is 20. The molecular formula is C51H68BrN15O9. The Bertz CT molecular complexity index is 2890. The van der Waals surface area contributed by atoms with Gasteiger partial charge in [0.05, 0.1) is 28.1 Å². The van der Waals surface area contributed by atoms with E-state index in [0.29, 0.717) is 110 Å². The van der Waals surface area contributed by atoms with E-state index in [4.69, 9.17) is 53.5 Å². The molecule has 0 unspecified atom stereocenters. The van der Waals surface area contributed by atoms with Crippen LogP contribution in [0.15, 0.2) is 90.8 Å². The largest absolute Gasteiger partial charge is 0.381 e. The molecule has 0 aliphatic rings. The Morgan fingerprint density at radius 3 is 1.25 bits per heavy atom. The smallest absolute Gasteiger partial charge is 0.250 e. The van der Waals surface area contributed by atoms with E-state index in [2.05, 4.69) is 74.6 Å². The second-order valence-electron chi connectivity index (χ2n) is 18.2. The number of hydrogen-bond donors (Lipinski definition) is 12. The molecule has 0 saturated heterocycles. The maximum absolute atomic E-state index is 11.6. The Kier molecular flexibility index (Phi) is 26.6. The van der Waals surface area contributed by atoms with Crippen molar-refractivity contribution in [2.24, 2.45) is 40.7 Å². The van der Waals surface area contributed by atoms with Gasteiger partial charge in [-0.25, -0.2) is 0 Å². The van der Waals surface area contributed by atoms with Crippen molar-refractivity contribution in [1.29, 1.82) is 10.5 Å². The monoisotopic (exact) mass is 1110 g/mol. The average molecular weight is 1120 g/mol. The molecule has 4 amide bonds. The second-order valence-corrected chi connectivity index (χ2v) is 19.1. The molecule has 3 heterocycles. The summed E-state index contributed by atoms with van der Waals surface area (Å²) >= 11 is 3.31. The molecule has 24 nitrogen and oxygen atoms in total. The molecule has 3 aromatic carbocycles. The molecule has 0 spiro atoms. The number of nitrogens with zero attached hydrogens (tertiary/aromatic N) is 5. The summed E-state index contributed by atoms with van der Waals surface area (Å²) in [5.74, 6) is 2.64. The van der Waals surface area contributed by atoms with Gasteiger partial charge in [-0.1, -0.05) is 57.0 Å². The van der Waals surface area contributed by atoms with Crippen LogP contribution in [0.1, 0.15) is 99.6 Å². The Morgan fingerprint density at radius 1 is 0.566 bits per heavy atom. The predicted molar refractivity (Wildman–Crippen MR) is 293 cm³/mol. The lowest BCUT2D eigenvalue weighted by Gasteiger charge is -2.19. The minimum Gasteiger partial charge on any atom is -0.381 e. The van der Waals surface area contributed by atoms with Gasteiger partial charge in [-0.2, -0.15) is 10.5 Å². The van der Waals surface area contributed by atoms with Gasteiger partial charge in [0, 0.05) is 39.7 Å². The maximum Gasteiger partial charge on any atom is 0.250 e. The number of halogens is 1. The highest BCUT2D eigenvalue weighted by Crippen LogP contribution is 2.28. The van der Waals surface area contributed by atoms with Crippen LogP contribution in [-0.2, 0) is 14.4 Å². The molecule has 25 heteroatoms. The molecule has 3 atom stereocenters. The molecule has 0 radical (unpaired) electrons. The number of nitrogens with two attached hydrogens (primary N) is 5. The first-order valence-corrected chi connectivity index (χ1v) is 24.3. The van der Waals surface area contributed by atoms with Gasteiger partial charge in [0.25, 0.3) is 5.91 Å². The van der Waals surface area contributed by atoms with Gasteiger partial charge in [0.2, 0.25) is 17.7 Å². The Balaban J connectivity index is 0.000000363. The molecule has 0 aliphatic heterocycles. The van der Waals surface area contributed by atoms with Gasteiger partial charge in [-0.15, -0.1) is 0 Å². The van der Waals surface area contributed by atoms with Gasteiger partial charge >= 0.3 is 0 Å². The van der Waals surface area contributed by atoms with Crippen molar-refractivity contribution in [3.8, 4) is 12.1 Å².